The van der Waals surface area contributed by atoms with E-state index in [1.165, 1.54) is 18.4 Å². The number of hydrogen-bond acceptors (Lipinski definition) is 3. The highest BCUT2D eigenvalue weighted by Gasteiger charge is 2.20. The van der Waals surface area contributed by atoms with Crippen molar-refractivity contribution in [1.82, 2.24) is 5.32 Å². The van der Waals surface area contributed by atoms with Crippen LogP contribution in [0, 0.1) is 0 Å². The molecule has 0 heterocycles. The summed E-state index contributed by atoms with van der Waals surface area (Å²) in [5.41, 5.74) is 1.20. The standard InChI is InChI=1S/C16H25NO2/c1-2-17-15-8-10-16(11-9-15)19-13-18-12-14-6-4-3-5-7-14/h3-7,15-17H,2,8-13H2,1H3. The van der Waals surface area contributed by atoms with Gasteiger partial charge in [-0.15, -0.1) is 0 Å². The number of rotatable bonds is 7. The predicted octanol–water partition coefficient (Wildman–Crippen LogP) is 3.10. The number of benzene rings is 1. The largest absolute Gasteiger partial charge is 0.352 e. The van der Waals surface area contributed by atoms with Crippen LogP contribution >= 0.6 is 0 Å². The van der Waals surface area contributed by atoms with E-state index in [2.05, 4.69) is 24.4 Å². The minimum atomic E-state index is 0.380. The fourth-order valence-electron chi connectivity index (χ4n) is 2.60. The Balaban J connectivity index is 1.55. The Bertz CT molecular complexity index is 334. The molecule has 0 bridgehead atoms. The Morgan fingerprint density at radius 3 is 2.53 bits per heavy atom. The molecule has 1 aromatic carbocycles. The molecule has 3 heteroatoms. The summed E-state index contributed by atoms with van der Waals surface area (Å²) in [4.78, 5) is 0. The monoisotopic (exact) mass is 263 g/mol. The molecular weight excluding hydrogens is 238 g/mol. The molecular formula is C16H25NO2. The first-order valence-electron chi connectivity index (χ1n) is 7.35. The van der Waals surface area contributed by atoms with E-state index in [0.717, 1.165) is 19.4 Å². The molecule has 0 saturated heterocycles. The maximum absolute atomic E-state index is 5.78. The zero-order valence-corrected chi connectivity index (χ0v) is 11.8. The quantitative estimate of drug-likeness (QED) is 0.605. The third-order valence-electron chi connectivity index (χ3n) is 3.67. The molecule has 0 spiro atoms. The Labute approximate surface area is 116 Å². The van der Waals surface area contributed by atoms with Crippen molar-refractivity contribution in [2.45, 2.75) is 51.4 Å². The van der Waals surface area contributed by atoms with Crippen molar-refractivity contribution < 1.29 is 9.47 Å². The minimum absolute atomic E-state index is 0.380. The second-order valence-electron chi connectivity index (χ2n) is 5.15. The molecule has 0 aliphatic heterocycles. The SMILES string of the molecule is CCNC1CCC(OCOCc2ccccc2)CC1. The molecule has 0 amide bonds. The molecule has 1 aliphatic carbocycles. The van der Waals surface area contributed by atoms with Gasteiger partial charge in [-0.25, -0.2) is 0 Å². The second-order valence-corrected chi connectivity index (χ2v) is 5.15. The van der Waals surface area contributed by atoms with Crippen molar-refractivity contribution in [2.24, 2.45) is 0 Å². The van der Waals surface area contributed by atoms with Gasteiger partial charge in [-0.2, -0.15) is 0 Å². The van der Waals surface area contributed by atoms with Crippen LogP contribution in [0.5, 0.6) is 0 Å². The second kappa shape index (κ2) is 8.31. The molecule has 3 nitrogen and oxygen atoms in total. The van der Waals surface area contributed by atoms with Crippen molar-refractivity contribution in [3.63, 3.8) is 0 Å². The van der Waals surface area contributed by atoms with Gasteiger partial charge in [0.15, 0.2) is 0 Å². The van der Waals surface area contributed by atoms with Crippen molar-refractivity contribution in [2.75, 3.05) is 13.3 Å². The van der Waals surface area contributed by atoms with Crippen LogP contribution in [0.3, 0.4) is 0 Å². The highest BCUT2D eigenvalue weighted by molar-refractivity contribution is 5.13. The van der Waals surface area contributed by atoms with Gasteiger partial charge in [0.1, 0.15) is 6.79 Å². The minimum Gasteiger partial charge on any atom is -0.352 e. The molecule has 0 atom stereocenters. The third-order valence-corrected chi connectivity index (χ3v) is 3.67. The maximum Gasteiger partial charge on any atom is 0.147 e. The first kappa shape index (κ1) is 14.5. The van der Waals surface area contributed by atoms with Crippen molar-refractivity contribution in [3.8, 4) is 0 Å². The van der Waals surface area contributed by atoms with E-state index in [0.29, 0.717) is 25.5 Å². The zero-order chi connectivity index (χ0) is 13.3. The third kappa shape index (κ3) is 5.31. The average molecular weight is 263 g/mol. The number of ether oxygens (including phenoxy) is 2. The molecule has 2 rings (SSSR count). The first-order chi connectivity index (χ1) is 9.38. The lowest BCUT2D eigenvalue weighted by atomic mass is 9.93. The van der Waals surface area contributed by atoms with Crippen molar-refractivity contribution >= 4 is 0 Å². The predicted molar refractivity (Wildman–Crippen MR) is 76.9 cm³/mol. The van der Waals surface area contributed by atoms with E-state index in [1.54, 1.807) is 0 Å². The zero-order valence-electron chi connectivity index (χ0n) is 11.8. The maximum atomic E-state index is 5.78. The van der Waals surface area contributed by atoms with Crippen LogP contribution in [0.15, 0.2) is 30.3 Å². The van der Waals surface area contributed by atoms with Crippen LogP contribution in [0.25, 0.3) is 0 Å². The molecule has 19 heavy (non-hydrogen) atoms. The van der Waals surface area contributed by atoms with E-state index in [-0.39, 0.29) is 0 Å². The van der Waals surface area contributed by atoms with Gasteiger partial charge >= 0.3 is 0 Å². The van der Waals surface area contributed by atoms with Gasteiger partial charge < -0.3 is 14.8 Å². The van der Waals surface area contributed by atoms with Crippen LogP contribution in [0.2, 0.25) is 0 Å². The molecule has 1 fully saturated rings. The van der Waals surface area contributed by atoms with Gasteiger partial charge in [-0.3, -0.25) is 0 Å². The lowest BCUT2D eigenvalue weighted by Crippen LogP contribution is -2.35. The van der Waals surface area contributed by atoms with Gasteiger partial charge in [0.05, 0.1) is 12.7 Å². The smallest absolute Gasteiger partial charge is 0.147 e. The molecule has 1 aliphatic rings. The molecule has 106 valence electrons. The van der Waals surface area contributed by atoms with Gasteiger partial charge in [0.25, 0.3) is 0 Å². The lowest BCUT2D eigenvalue weighted by Gasteiger charge is -2.28. The summed E-state index contributed by atoms with van der Waals surface area (Å²) >= 11 is 0. The van der Waals surface area contributed by atoms with E-state index >= 15 is 0 Å². The molecule has 1 N–H and O–H groups in total. The molecule has 0 aromatic heterocycles. The Morgan fingerprint density at radius 2 is 1.84 bits per heavy atom. The highest BCUT2D eigenvalue weighted by atomic mass is 16.7. The van der Waals surface area contributed by atoms with Gasteiger partial charge in [-0.1, -0.05) is 37.3 Å². The first-order valence-corrected chi connectivity index (χ1v) is 7.35. The van der Waals surface area contributed by atoms with Crippen LogP contribution in [0.1, 0.15) is 38.2 Å². The van der Waals surface area contributed by atoms with Crippen molar-refractivity contribution in [1.29, 1.82) is 0 Å². The number of hydrogen-bond donors (Lipinski definition) is 1. The van der Waals surface area contributed by atoms with Crippen LogP contribution < -0.4 is 5.32 Å². The molecule has 1 saturated carbocycles. The molecule has 0 radical (unpaired) electrons. The Morgan fingerprint density at radius 1 is 1.11 bits per heavy atom. The highest BCUT2D eigenvalue weighted by Crippen LogP contribution is 2.21. The van der Waals surface area contributed by atoms with Crippen molar-refractivity contribution in [3.05, 3.63) is 35.9 Å². The van der Waals surface area contributed by atoms with Crippen LogP contribution in [-0.2, 0) is 16.1 Å². The fraction of sp³-hybridized carbons (Fsp3) is 0.625. The van der Waals surface area contributed by atoms with Gasteiger partial charge in [0, 0.05) is 6.04 Å². The summed E-state index contributed by atoms with van der Waals surface area (Å²) in [6.07, 6.45) is 5.11. The Hall–Kier alpha value is -0.900. The summed E-state index contributed by atoms with van der Waals surface area (Å²) < 4.78 is 11.3. The summed E-state index contributed by atoms with van der Waals surface area (Å²) in [5, 5.41) is 3.51. The summed E-state index contributed by atoms with van der Waals surface area (Å²) in [6.45, 7) is 4.27. The average Bonchev–Trinajstić information content (AvgIpc) is 2.47. The normalized spacial score (nSPS) is 23.4. The van der Waals surface area contributed by atoms with E-state index < -0.39 is 0 Å². The van der Waals surface area contributed by atoms with E-state index in [9.17, 15) is 0 Å². The molecule has 0 unspecified atom stereocenters. The van der Waals surface area contributed by atoms with E-state index in [4.69, 9.17) is 9.47 Å². The van der Waals surface area contributed by atoms with Crippen LogP contribution in [0.4, 0.5) is 0 Å². The molecule has 1 aromatic rings. The lowest BCUT2D eigenvalue weighted by molar-refractivity contribution is -0.106. The van der Waals surface area contributed by atoms with E-state index in [1.807, 2.05) is 18.2 Å². The number of nitrogens with one attached hydrogen (secondary N) is 1. The summed E-state index contributed by atoms with van der Waals surface area (Å²) in [7, 11) is 0. The summed E-state index contributed by atoms with van der Waals surface area (Å²) in [5.74, 6) is 0. The van der Waals surface area contributed by atoms with Gasteiger partial charge in [-0.05, 0) is 37.8 Å². The fourth-order valence-corrected chi connectivity index (χ4v) is 2.60. The topological polar surface area (TPSA) is 30.5 Å². The van der Waals surface area contributed by atoms with Crippen LogP contribution in [-0.4, -0.2) is 25.5 Å². The summed E-state index contributed by atoms with van der Waals surface area (Å²) in [6, 6.07) is 10.9. The van der Waals surface area contributed by atoms with Gasteiger partial charge in [0.2, 0.25) is 0 Å². The Kier molecular flexibility index (Phi) is 6.34.